The molecule has 0 radical (unpaired) electrons. The number of nitrogens with one attached hydrogen (secondary N) is 1. The van der Waals surface area contributed by atoms with Gasteiger partial charge in [0.2, 0.25) is 0 Å². The zero-order valence-electron chi connectivity index (χ0n) is 14.0. The van der Waals surface area contributed by atoms with Crippen LogP contribution in [0.5, 0.6) is 5.75 Å². The molecule has 1 fully saturated rings. The molecule has 4 nitrogen and oxygen atoms in total. The quantitative estimate of drug-likeness (QED) is 0.834. The third kappa shape index (κ3) is 4.12. The summed E-state index contributed by atoms with van der Waals surface area (Å²) in [6.07, 6.45) is 1.86. The number of hydrogen-bond acceptors (Lipinski definition) is 3. The van der Waals surface area contributed by atoms with Crippen molar-refractivity contribution in [2.24, 2.45) is 0 Å². The van der Waals surface area contributed by atoms with Crippen LogP contribution < -0.4 is 15.0 Å². The molecule has 0 saturated carbocycles. The summed E-state index contributed by atoms with van der Waals surface area (Å²) in [5.41, 5.74) is 1.34. The Morgan fingerprint density at radius 2 is 2.12 bits per heavy atom. The van der Waals surface area contributed by atoms with Gasteiger partial charge in [0.05, 0.1) is 18.4 Å². The summed E-state index contributed by atoms with van der Waals surface area (Å²) in [4.78, 5) is 14.7. The van der Waals surface area contributed by atoms with Crippen LogP contribution in [0.4, 0.5) is 10.1 Å². The number of hydrogen-bond donors (Lipinski definition) is 1. The largest absolute Gasteiger partial charge is 0.495 e. The second-order valence-corrected chi connectivity index (χ2v) is 6.91. The summed E-state index contributed by atoms with van der Waals surface area (Å²) < 4.78 is 19.5. The van der Waals surface area contributed by atoms with Crippen LogP contribution >= 0.6 is 15.9 Å². The zero-order valence-corrected chi connectivity index (χ0v) is 15.6. The van der Waals surface area contributed by atoms with Crippen molar-refractivity contribution in [1.29, 1.82) is 0 Å². The Hall–Kier alpha value is -2.08. The number of halogens is 2. The predicted octanol–water partition coefficient (Wildman–Crippen LogP) is 4.00. The Morgan fingerprint density at radius 3 is 2.92 bits per heavy atom. The molecule has 0 spiro atoms. The number of para-hydroxylation sites is 2. The lowest BCUT2D eigenvalue weighted by Gasteiger charge is -2.35. The van der Waals surface area contributed by atoms with E-state index in [1.54, 1.807) is 13.2 Å². The highest BCUT2D eigenvalue weighted by Gasteiger charge is 2.24. The Labute approximate surface area is 155 Å². The zero-order chi connectivity index (χ0) is 17.8. The van der Waals surface area contributed by atoms with Crippen molar-refractivity contribution in [3.8, 4) is 5.75 Å². The van der Waals surface area contributed by atoms with Crippen molar-refractivity contribution in [3.05, 3.63) is 58.3 Å². The minimum Gasteiger partial charge on any atom is -0.495 e. The van der Waals surface area contributed by atoms with E-state index in [0.29, 0.717) is 16.6 Å². The fourth-order valence-electron chi connectivity index (χ4n) is 3.14. The highest BCUT2D eigenvalue weighted by Crippen LogP contribution is 2.30. The number of nitrogens with zero attached hydrogens (tertiary/aromatic N) is 1. The Balaban J connectivity index is 1.71. The van der Waals surface area contributed by atoms with Crippen LogP contribution in [-0.2, 0) is 0 Å². The lowest BCUT2D eigenvalue weighted by Crippen LogP contribution is -2.48. The van der Waals surface area contributed by atoms with Gasteiger partial charge in [0.25, 0.3) is 5.91 Å². The number of amides is 1. The van der Waals surface area contributed by atoms with E-state index in [-0.39, 0.29) is 11.9 Å². The molecule has 1 saturated heterocycles. The van der Waals surface area contributed by atoms with Crippen LogP contribution in [0.25, 0.3) is 0 Å². The molecule has 0 aliphatic carbocycles. The molecule has 1 aliphatic rings. The van der Waals surface area contributed by atoms with Gasteiger partial charge < -0.3 is 15.0 Å². The van der Waals surface area contributed by atoms with Crippen LogP contribution in [-0.4, -0.2) is 32.1 Å². The lowest BCUT2D eigenvalue weighted by molar-refractivity contribution is 0.0932. The van der Waals surface area contributed by atoms with Crippen molar-refractivity contribution in [3.63, 3.8) is 0 Å². The van der Waals surface area contributed by atoms with Crippen LogP contribution in [0.2, 0.25) is 0 Å². The summed E-state index contributed by atoms with van der Waals surface area (Å²) in [6.45, 7) is 1.61. The van der Waals surface area contributed by atoms with Crippen molar-refractivity contribution in [2.75, 3.05) is 25.1 Å². The molecule has 1 atom stereocenters. The molecule has 25 heavy (non-hydrogen) atoms. The van der Waals surface area contributed by atoms with Gasteiger partial charge in [0.1, 0.15) is 11.6 Å². The number of anilines is 1. The second kappa shape index (κ2) is 7.87. The van der Waals surface area contributed by atoms with E-state index in [9.17, 15) is 9.18 Å². The van der Waals surface area contributed by atoms with E-state index in [1.165, 1.54) is 12.1 Å². The van der Waals surface area contributed by atoms with Crippen molar-refractivity contribution >= 4 is 27.5 Å². The molecule has 1 aliphatic heterocycles. The van der Waals surface area contributed by atoms with Crippen LogP contribution in [0.15, 0.2) is 46.9 Å². The van der Waals surface area contributed by atoms with E-state index in [2.05, 4.69) is 26.1 Å². The Morgan fingerprint density at radius 1 is 1.32 bits per heavy atom. The fourth-order valence-corrected chi connectivity index (χ4v) is 3.57. The second-order valence-electron chi connectivity index (χ2n) is 6.05. The van der Waals surface area contributed by atoms with Gasteiger partial charge in [-0.3, -0.25) is 4.79 Å². The number of benzene rings is 2. The van der Waals surface area contributed by atoms with Gasteiger partial charge in [0, 0.05) is 23.6 Å². The molecule has 132 valence electrons. The first-order valence-electron chi connectivity index (χ1n) is 8.22. The van der Waals surface area contributed by atoms with Crippen molar-refractivity contribution in [2.45, 2.75) is 18.9 Å². The van der Waals surface area contributed by atoms with Crippen LogP contribution in [0.3, 0.4) is 0 Å². The normalized spacial score (nSPS) is 17.2. The van der Waals surface area contributed by atoms with Gasteiger partial charge in [0.15, 0.2) is 0 Å². The topological polar surface area (TPSA) is 41.6 Å². The molecular weight excluding hydrogens is 387 g/mol. The lowest BCUT2D eigenvalue weighted by atomic mass is 10.0. The molecule has 2 aromatic rings. The number of ether oxygens (including phenoxy) is 1. The molecular formula is C19H20BrFN2O2. The predicted molar refractivity (Wildman–Crippen MR) is 99.8 cm³/mol. The highest BCUT2D eigenvalue weighted by molar-refractivity contribution is 9.10. The number of carbonyl (C=O) groups excluding carboxylic acids is 1. The number of piperidine rings is 1. The van der Waals surface area contributed by atoms with Crippen LogP contribution in [0, 0.1) is 5.82 Å². The van der Waals surface area contributed by atoms with Gasteiger partial charge in [-0.25, -0.2) is 4.39 Å². The molecule has 1 heterocycles. The first kappa shape index (κ1) is 17.7. The number of methoxy groups -OCH3 is 1. The number of carbonyl (C=O) groups is 1. The van der Waals surface area contributed by atoms with Gasteiger partial charge >= 0.3 is 0 Å². The molecule has 1 amide bonds. The third-order valence-electron chi connectivity index (χ3n) is 4.36. The van der Waals surface area contributed by atoms with E-state index in [0.717, 1.165) is 30.8 Å². The number of rotatable bonds is 4. The monoisotopic (exact) mass is 406 g/mol. The molecule has 0 aromatic heterocycles. The maximum Gasteiger partial charge on any atom is 0.252 e. The maximum atomic E-state index is 13.4. The Kier molecular flexibility index (Phi) is 5.58. The van der Waals surface area contributed by atoms with Gasteiger partial charge in [-0.15, -0.1) is 0 Å². The first-order valence-corrected chi connectivity index (χ1v) is 9.01. The summed E-state index contributed by atoms with van der Waals surface area (Å²) in [6, 6.07) is 12.0. The SMILES string of the molecule is COc1ccccc1N1CCCC(NC(=O)c2cc(F)ccc2Br)C1. The molecule has 1 N–H and O–H groups in total. The van der Waals surface area contributed by atoms with E-state index < -0.39 is 5.82 Å². The Bertz CT molecular complexity index is 769. The first-order chi connectivity index (χ1) is 12.1. The minimum absolute atomic E-state index is 0.00123. The van der Waals surface area contributed by atoms with Gasteiger partial charge in [-0.1, -0.05) is 12.1 Å². The van der Waals surface area contributed by atoms with Crippen molar-refractivity contribution in [1.82, 2.24) is 5.32 Å². The maximum absolute atomic E-state index is 13.4. The molecule has 3 rings (SSSR count). The van der Waals surface area contributed by atoms with Gasteiger partial charge in [-0.05, 0) is 59.1 Å². The molecule has 2 aromatic carbocycles. The molecule has 6 heteroatoms. The molecule has 0 bridgehead atoms. The van der Waals surface area contributed by atoms with Crippen molar-refractivity contribution < 1.29 is 13.9 Å². The van der Waals surface area contributed by atoms with E-state index in [1.807, 2.05) is 24.3 Å². The smallest absolute Gasteiger partial charge is 0.252 e. The summed E-state index contributed by atoms with van der Waals surface area (Å²) in [5, 5.41) is 3.02. The van der Waals surface area contributed by atoms with Crippen LogP contribution in [0.1, 0.15) is 23.2 Å². The highest BCUT2D eigenvalue weighted by atomic mass is 79.9. The van der Waals surface area contributed by atoms with E-state index >= 15 is 0 Å². The average molecular weight is 407 g/mol. The fraction of sp³-hybridized carbons (Fsp3) is 0.316. The summed E-state index contributed by atoms with van der Waals surface area (Å²) in [5.74, 6) is 0.133. The minimum atomic E-state index is -0.423. The average Bonchev–Trinajstić information content (AvgIpc) is 2.63. The summed E-state index contributed by atoms with van der Waals surface area (Å²) in [7, 11) is 1.66. The van der Waals surface area contributed by atoms with E-state index in [4.69, 9.17) is 4.74 Å². The third-order valence-corrected chi connectivity index (χ3v) is 5.05. The van der Waals surface area contributed by atoms with Gasteiger partial charge in [-0.2, -0.15) is 0 Å². The standard InChI is InChI=1S/C19H20BrFN2O2/c1-25-18-7-3-2-6-17(18)23-10-4-5-14(12-23)22-19(24)15-11-13(21)8-9-16(15)20/h2-3,6-9,11,14H,4-5,10,12H2,1H3,(H,22,24). The molecule has 1 unspecified atom stereocenters. The summed E-state index contributed by atoms with van der Waals surface area (Å²) >= 11 is 3.31.